The summed E-state index contributed by atoms with van der Waals surface area (Å²) in [4.78, 5) is 0. The Balaban J connectivity index is 0. The van der Waals surface area contributed by atoms with Crippen LogP contribution in [0, 0.1) is 0 Å². The van der Waals surface area contributed by atoms with Crippen molar-refractivity contribution in [3.8, 4) is 0 Å². The van der Waals surface area contributed by atoms with Crippen molar-refractivity contribution in [1.29, 1.82) is 0 Å². The second kappa shape index (κ2) is 22.4. The van der Waals surface area contributed by atoms with Crippen LogP contribution >= 0.6 is 0 Å². The predicted octanol–water partition coefficient (Wildman–Crippen LogP) is 6.47. The van der Waals surface area contributed by atoms with E-state index in [9.17, 15) is 8.42 Å². The van der Waals surface area contributed by atoms with Crippen LogP contribution in [-0.2, 0) is 14.6 Å². The smallest absolute Gasteiger partial charge is 0.264 e. The summed E-state index contributed by atoms with van der Waals surface area (Å²) in [6.45, 7) is 2.37. The summed E-state index contributed by atoms with van der Waals surface area (Å²) >= 11 is 0. The summed E-state index contributed by atoms with van der Waals surface area (Å²) in [5.74, 6) is 0. The van der Waals surface area contributed by atoms with Crippen molar-refractivity contribution in [2.45, 2.75) is 122 Å². The molecule has 0 saturated carbocycles. The van der Waals surface area contributed by atoms with Crippen molar-refractivity contribution in [2.75, 3.05) is 6.61 Å². The molecule has 154 valence electrons. The van der Waals surface area contributed by atoms with Crippen molar-refractivity contribution < 1.29 is 17.2 Å². The number of hydrogen-bond acceptors (Lipinski definition) is 3. The average molecular weight is 419 g/mol. The predicted molar refractivity (Wildman–Crippen MR) is 112 cm³/mol. The molecule has 0 bridgehead atoms. The number of rotatable bonds is 20. The zero-order valence-electron chi connectivity index (χ0n) is 17.2. The maximum Gasteiger partial charge on any atom is 0.397 e. The molecular weight excluding hydrogens is 376 g/mol. The molecule has 0 spiro atoms. The molecule has 26 heavy (non-hydrogen) atoms. The van der Waals surface area contributed by atoms with E-state index in [1.165, 1.54) is 96.3 Å². The monoisotopic (exact) mass is 418 g/mol. The van der Waals surface area contributed by atoms with Gasteiger partial charge < -0.3 is 0 Å². The van der Waals surface area contributed by atoms with Gasteiger partial charge in [-0.25, -0.2) is 4.18 Å². The third kappa shape index (κ3) is 27.3. The first-order valence-corrected chi connectivity index (χ1v) is 12.0. The van der Waals surface area contributed by atoms with Crippen molar-refractivity contribution in [3.05, 3.63) is 0 Å². The summed E-state index contributed by atoms with van der Waals surface area (Å²) < 4.78 is 33.4. The van der Waals surface area contributed by atoms with E-state index in [0.29, 0.717) is 6.42 Å². The minimum absolute atomic E-state index is 0. The quantitative estimate of drug-likeness (QED) is 0.140. The van der Waals surface area contributed by atoms with Crippen LogP contribution in [0.15, 0.2) is 0 Å². The maximum atomic E-state index is 10.3. The Morgan fingerprint density at radius 2 is 0.846 bits per heavy atom. The Bertz CT molecular complexity index is 361. The zero-order valence-corrected chi connectivity index (χ0v) is 20.2. The van der Waals surface area contributed by atoms with E-state index >= 15 is 0 Å². The maximum absolute atomic E-state index is 10.3. The van der Waals surface area contributed by atoms with Gasteiger partial charge in [0.05, 0.1) is 6.61 Å². The molecule has 6 heteroatoms. The van der Waals surface area contributed by atoms with Crippen LogP contribution in [0.5, 0.6) is 0 Å². The first kappa shape index (κ1) is 29.3. The van der Waals surface area contributed by atoms with Crippen LogP contribution in [-0.4, -0.2) is 57.3 Å². The molecule has 0 aliphatic rings. The third-order valence-electron chi connectivity index (χ3n) is 4.73. The van der Waals surface area contributed by atoms with E-state index in [1.54, 1.807) is 0 Å². The summed E-state index contributed by atoms with van der Waals surface area (Å²) in [5, 5.41) is 0. The first-order valence-electron chi connectivity index (χ1n) is 10.7. The fourth-order valence-electron chi connectivity index (χ4n) is 3.17. The van der Waals surface area contributed by atoms with E-state index in [2.05, 4.69) is 11.1 Å². The molecular formula is C20H42CaO4S. The standard InChI is InChI=1S/C20H42O4S.Ca/c1-2-3-4-5-6-7-8-9-10-11-12-13-14-15-16-17-18-19-20-24-25(21,22)23;/h2-20H2,1H3,(H,21,22,23);. The van der Waals surface area contributed by atoms with Crippen LogP contribution in [0.25, 0.3) is 0 Å². The van der Waals surface area contributed by atoms with E-state index < -0.39 is 10.4 Å². The molecule has 0 atom stereocenters. The molecule has 4 nitrogen and oxygen atoms in total. The molecule has 0 amide bonds. The van der Waals surface area contributed by atoms with Gasteiger partial charge in [0.1, 0.15) is 0 Å². The fraction of sp³-hybridized carbons (Fsp3) is 1.00. The summed E-state index contributed by atoms with van der Waals surface area (Å²) in [7, 11) is -4.25. The molecule has 1 N–H and O–H groups in total. The Hall–Kier alpha value is 1.13. The second-order valence-corrected chi connectivity index (χ2v) is 8.35. The molecule has 0 aromatic heterocycles. The zero-order chi connectivity index (χ0) is 18.6. The van der Waals surface area contributed by atoms with Crippen LogP contribution in [0.2, 0.25) is 0 Å². The van der Waals surface area contributed by atoms with Gasteiger partial charge in [-0.05, 0) is 6.42 Å². The number of unbranched alkanes of at least 4 members (excludes halogenated alkanes) is 17. The van der Waals surface area contributed by atoms with Gasteiger partial charge in [-0.2, -0.15) is 8.42 Å². The molecule has 0 aliphatic heterocycles. The van der Waals surface area contributed by atoms with Gasteiger partial charge in [0, 0.05) is 37.7 Å². The van der Waals surface area contributed by atoms with Crippen molar-refractivity contribution in [2.24, 2.45) is 0 Å². The number of hydrogen-bond donors (Lipinski definition) is 1. The van der Waals surface area contributed by atoms with Gasteiger partial charge in [0.2, 0.25) is 0 Å². The minimum Gasteiger partial charge on any atom is -0.264 e. The van der Waals surface area contributed by atoms with Gasteiger partial charge >= 0.3 is 10.4 Å². The molecule has 0 heterocycles. The summed E-state index contributed by atoms with van der Waals surface area (Å²) in [5.41, 5.74) is 0. The molecule has 2 radical (unpaired) electrons. The Kier molecular flexibility index (Phi) is 25.3. The van der Waals surface area contributed by atoms with Gasteiger partial charge in [0.25, 0.3) is 0 Å². The summed E-state index contributed by atoms with van der Waals surface area (Å²) in [6.07, 6.45) is 23.4. The Morgan fingerprint density at radius 3 is 1.12 bits per heavy atom. The van der Waals surface area contributed by atoms with Crippen molar-refractivity contribution in [3.63, 3.8) is 0 Å². The molecule has 0 aliphatic carbocycles. The molecule has 0 rings (SSSR count). The molecule has 0 fully saturated rings. The van der Waals surface area contributed by atoms with Gasteiger partial charge in [-0.15, -0.1) is 0 Å². The molecule has 0 unspecified atom stereocenters. The van der Waals surface area contributed by atoms with Crippen LogP contribution in [0.3, 0.4) is 0 Å². The van der Waals surface area contributed by atoms with Gasteiger partial charge in [0.15, 0.2) is 0 Å². The van der Waals surface area contributed by atoms with Gasteiger partial charge in [-0.3, -0.25) is 4.55 Å². The Morgan fingerprint density at radius 1 is 0.577 bits per heavy atom. The molecule has 0 aromatic carbocycles. The molecule has 0 aromatic rings. The van der Waals surface area contributed by atoms with E-state index in [1.807, 2.05) is 0 Å². The molecule has 0 saturated heterocycles. The van der Waals surface area contributed by atoms with E-state index in [-0.39, 0.29) is 44.3 Å². The Labute approximate surface area is 193 Å². The van der Waals surface area contributed by atoms with Crippen LogP contribution in [0.1, 0.15) is 122 Å². The normalized spacial score (nSPS) is 11.5. The minimum atomic E-state index is -4.25. The van der Waals surface area contributed by atoms with Crippen molar-refractivity contribution >= 4 is 48.1 Å². The average Bonchev–Trinajstić information content (AvgIpc) is 2.56. The van der Waals surface area contributed by atoms with Crippen molar-refractivity contribution in [1.82, 2.24) is 0 Å². The van der Waals surface area contributed by atoms with E-state index in [0.717, 1.165) is 12.8 Å². The largest absolute Gasteiger partial charge is 0.397 e. The first-order chi connectivity index (χ1) is 12.1. The summed E-state index contributed by atoms with van der Waals surface area (Å²) in [6, 6.07) is 0. The fourth-order valence-corrected chi connectivity index (χ4v) is 3.50. The second-order valence-electron chi connectivity index (χ2n) is 7.26. The topological polar surface area (TPSA) is 63.6 Å². The van der Waals surface area contributed by atoms with Crippen LogP contribution < -0.4 is 0 Å². The SMILES string of the molecule is CCCCCCCCCCCCCCCCCCCCOS(=O)(=O)O.[Ca]. The van der Waals surface area contributed by atoms with Gasteiger partial charge in [-0.1, -0.05) is 116 Å². The van der Waals surface area contributed by atoms with E-state index in [4.69, 9.17) is 4.55 Å². The van der Waals surface area contributed by atoms with Crippen LogP contribution in [0.4, 0.5) is 0 Å². The third-order valence-corrected chi connectivity index (χ3v) is 5.19.